The number of nitriles is 1. The summed E-state index contributed by atoms with van der Waals surface area (Å²) in [5.41, 5.74) is 1.69. The van der Waals surface area contributed by atoms with Crippen LogP contribution in [0.2, 0.25) is 0 Å². The SMILES string of the molecule is C=C(/C=C\C(=C/C)COCC(=O)Nc1ccc(CN2CCN(CC)CC2)c(C(F)(F)F)c1)C1=CC=CNC1C#N. The Hall–Kier alpha value is -3.65. The molecule has 2 N–H and O–H groups in total. The molecule has 2 heterocycles. The first kappa shape index (κ1) is 30.9. The van der Waals surface area contributed by atoms with E-state index in [1.54, 1.807) is 24.4 Å². The molecule has 40 heavy (non-hydrogen) atoms. The predicted molar refractivity (Wildman–Crippen MR) is 150 cm³/mol. The van der Waals surface area contributed by atoms with E-state index in [2.05, 4.69) is 35.1 Å². The van der Waals surface area contributed by atoms with Crippen LogP contribution < -0.4 is 10.6 Å². The summed E-state index contributed by atoms with van der Waals surface area (Å²) in [5, 5.41) is 14.7. The molecular weight excluding hydrogens is 519 g/mol. The van der Waals surface area contributed by atoms with Gasteiger partial charge in [0.15, 0.2) is 0 Å². The van der Waals surface area contributed by atoms with Gasteiger partial charge in [0.25, 0.3) is 0 Å². The van der Waals surface area contributed by atoms with Crippen LogP contribution in [0.3, 0.4) is 0 Å². The van der Waals surface area contributed by atoms with Gasteiger partial charge in [0.2, 0.25) is 5.91 Å². The Kier molecular flexibility index (Phi) is 11.3. The Bertz CT molecular complexity index is 1220. The Morgan fingerprint density at radius 2 is 1.95 bits per heavy atom. The van der Waals surface area contributed by atoms with Gasteiger partial charge in [0, 0.05) is 38.4 Å². The number of rotatable bonds is 11. The summed E-state index contributed by atoms with van der Waals surface area (Å²) < 4.78 is 47.0. The second-order valence-electron chi connectivity index (χ2n) is 9.55. The lowest BCUT2D eigenvalue weighted by Crippen LogP contribution is -2.45. The Morgan fingerprint density at radius 1 is 1.23 bits per heavy atom. The molecule has 0 spiro atoms. The smallest absolute Gasteiger partial charge is 0.372 e. The van der Waals surface area contributed by atoms with Gasteiger partial charge in [-0.05, 0) is 60.2 Å². The fourth-order valence-corrected chi connectivity index (χ4v) is 4.44. The molecule has 3 rings (SSSR count). The minimum Gasteiger partial charge on any atom is -0.372 e. The summed E-state index contributed by atoms with van der Waals surface area (Å²) in [6, 6.07) is 5.59. The number of hydrogen-bond donors (Lipinski definition) is 2. The van der Waals surface area contributed by atoms with Gasteiger partial charge < -0.3 is 20.3 Å². The number of alkyl halides is 3. The standard InChI is InChI=1S/C30H36F3N5O2/c1-4-23(9-8-22(3)26-7-6-12-35-28(26)18-34)20-40-21-29(39)36-25-11-10-24(27(17-25)30(31,32)33)19-38-15-13-37(5-2)14-16-38/h4,6-12,17,28,35H,3,5,13-16,19-21H2,1-2H3,(H,36,39)/b9-8-,23-4+. The number of anilines is 1. The quantitative estimate of drug-likeness (QED) is 0.382. The maximum absolute atomic E-state index is 13.8. The number of nitrogens with zero attached hydrogens (tertiary/aromatic N) is 3. The minimum atomic E-state index is -4.54. The van der Waals surface area contributed by atoms with Crippen molar-refractivity contribution in [3.05, 3.63) is 89.2 Å². The predicted octanol–water partition coefficient (Wildman–Crippen LogP) is 4.79. The van der Waals surface area contributed by atoms with Crippen LogP contribution in [0.1, 0.15) is 25.0 Å². The molecule has 0 aromatic heterocycles. The van der Waals surface area contributed by atoms with Crippen LogP contribution in [0, 0.1) is 11.3 Å². The van der Waals surface area contributed by atoms with Crippen molar-refractivity contribution >= 4 is 11.6 Å². The van der Waals surface area contributed by atoms with Crippen LogP contribution >= 0.6 is 0 Å². The van der Waals surface area contributed by atoms with E-state index >= 15 is 0 Å². The maximum atomic E-state index is 13.8. The fourth-order valence-electron chi connectivity index (χ4n) is 4.44. The van der Waals surface area contributed by atoms with Gasteiger partial charge in [0.1, 0.15) is 12.6 Å². The molecule has 2 aliphatic heterocycles. The van der Waals surface area contributed by atoms with Gasteiger partial charge >= 0.3 is 6.18 Å². The van der Waals surface area contributed by atoms with E-state index in [0.717, 1.165) is 36.8 Å². The topological polar surface area (TPSA) is 80.6 Å². The highest BCUT2D eigenvalue weighted by Gasteiger charge is 2.34. The number of allylic oxidation sites excluding steroid dienone is 4. The highest BCUT2D eigenvalue weighted by Crippen LogP contribution is 2.34. The number of carbonyl (C=O) groups excluding carboxylic acids is 1. The maximum Gasteiger partial charge on any atom is 0.416 e. The summed E-state index contributed by atoms with van der Waals surface area (Å²) >= 11 is 0. The van der Waals surface area contributed by atoms with E-state index in [1.807, 2.05) is 24.0 Å². The number of benzene rings is 1. The molecule has 1 atom stereocenters. The number of likely N-dealkylation sites (N-methyl/N-ethyl adjacent to an activating group) is 1. The molecule has 1 unspecified atom stereocenters. The normalized spacial score (nSPS) is 18.8. The van der Waals surface area contributed by atoms with E-state index in [1.165, 1.54) is 12.1 Å². The van der Waals surface area contributed by atoms with Crippen molar-refractivity contribution in [1.82, 2.24) is 15.1 Å². The molecule has 214 valence electrons. The number of piperazine rings is 1. The fraction of sp³-hybridized carbons (Fsp3) is 0.400. The zero-order valence-corrected chi connectivity index (χ0v) is 22.9. The van der Waals surface area contributed by atoms with E-state index in [-0.39, 0.29) is 31.0 Å². The van der Waals surface area contributed by atoms with Gasteiger partial charge in [-0.25, -0.2) is 0 Å². The number of ether oxygens (including phenoxy) is 1. The van der Waals surface area contributed by atoms with E-state index in [9.17, 15) is 23.2 Å². The van der Waals surface area contributed by atoms with Gasteiger partial charge in [-0.15, -0.1) is 0 Å². The van der Waals surface area contributed by atoms with Crippen molar-refractivity contribution in [3.63, 3.8) is 0 Å². The van der Waals surface area contributed by atoms with Crippen molar-refractivity contribution < 1.29 is 22.7 Å². The van der Waals surface area contributed by atoms with E-state index in [4.69, 9.17) is 4.74 Å². The summed E-state index contributed by atoms with van der Waals surface area (Å²) in [6.45, 7) is 11.9. The summed E-state index contributed by atoms with van der Waals surface area (Å²) in [5.74, 6) is -0.553. The molecule has 0 aliphatic carbocycles. The minimum absolute atomic E-state index is 0.0680. The van der Waals surface area contributed by atoms with Crippen molar-refractivity contribution in [1.29, 1.82) is 5.26 Å². The highest BCUT2D eigenvalue weighted by atomic mass is 19.4. The van der Waals surface area contributed by atoms with Crippen molar-refractivity contribution in [2.75, 3.05) is 51.3 Å². The van der Waals surface area contributed by atoms with Crippen LogP contribution in [0.4, 0.5) is 18.9 Å². The summed E-state index contributed by atoms with van der Waals surface area (Å²) in [4.78, 5) is 16.7. The highest BCUT2D eigenvalue weighted by molar-refractivity contribution is 5.91. The monoisotopic (exact) mass is 555 g/mol. The lowest BCUT2D eigenvalue weighted by atomic mass is 9.97. The molecule has 1 aromatic carbocycles. The number of amides is 1. The third-order valence-corrected chi connectivity index (χ3v) is 6.82. The van der Waals surface area contributed by atoms with Crippen LogP contribution in [-0.2, 0) is 22.3 Å². The zero-order valence-electron chi connectivity index (χ0n) is 22.9. The lowest BCUT2D eigenvalue weighted by Gasteiger charge is -2.34. The van der Waals surface area contributed by atoms with Gasteiger partial charge in [-0.3, -0.25) is 9.69 Å². The Morgan fingerprint density at radius 3 is 2.60 bits per heavy atom. The van der Waals surface area contributed by atoms with Crippen LogP contribution in [0.5, 0.6) is 0 Å². The first-order valence-electron chi connectivity index (χ1n) is 13.2. The molecular formula is C30H36F3N5O2. The summed E-state index contributed by atoms with van der Waals surface area (Å²) in [7, 11) is 0. The van der Waals surface area contributed by atoms with Crippen molar-refractivity contribution in [2.24, 2.45) is 0 Å². The molecule has 1 fully saturated rings. The molecule has 7 nitrogen and oxygen atoms in total. The molecule has 0 saturated carbocycles. The van der Waals surface area contributed by atoms with Gasteiger partial charge in [-0.2, -0.15) is 18.4 Å². The number of dihydropyridines is 1. The lowest BCUT2D eigenvalue weighted by molar-refractivity contribution is -0.138. The largest absolute Gasteiger partial charge is 0.416 e. The van der Waals surface area contributed by atoms with Gasteiger partial charge in [-0.1, -0.05) is 43.9 Å². The van der Waals surface area contributed by atoms with E-state index < -0.39 is 23.7 Å². The van der Waals surface area contributed by atoms with Crippen LogP contribution in [-0.4, -0.2) is 67.7 Å². The molecule has 0 bridgehead atoms. The average molecular weight is 556 g/mol. The first-order chi connectivity index (χ1) is 19.1. The second-order valence-corrected chi connectivity index (χ2v) is 9.55. The Balaban J connectivity index is 1.53. The van der Waals surface area contributed by atoms with E-state index in [0.29, 0.717) is 18.7 Å². The zero-order chi connectivity index (χ0) is 29.1. The van der Waals surface area contributed by atoms with Crippen molar-refractivity contribution in [3.8, 4) is 6.07 Å². The molecule has 2 aliphatic rings. The molecule has 1 aromatic rings. The average Bonchev–Trinajstić information content (AvgIpc) is 2.95. The van der Waals surface area contributed by atoms with Gasteiger partial charge in [0.05, 0.1) is 18.2 Å². The van der Waals surface area contributed by atoms with Crippen LogP contribution in [0.25, 0.3) is 0 Å². The first-order valence-corrected chi connectivity index (χ1v) is 13.2. The van der Waals surface area contributed by atoms with Crippen molar-refractivity contribution in [2.45, 2.75) is 32.6 Å². The third kappa shape index (κ3) is 8.95. The number of carbonyl (C=O) groups is 1. The second kappa shape index (κ2) is 14.7. The molecule has 1 amide bonds. The molecule has 0 radical (unpaired) electrons. The van der Waals surface area contributed by atoms with Crippen LogP contribution in [0.15, 0.2) is 78.1 Å². The third-order valence-electron chi connectivity index (χ3n) is 6.82. The number of hydrogen-bond acceptors (Lipinski definition) is 6. The summed E-state index contributed by atoms with van der Waals surface area (Å²) in [6.07, 6.45) is 6.12. The number of nitrogens with one attached hydrogen (secondary N) is 2. The molecule has 1 saturated heterocycles. The molecule has 10 heteroatoms. The number of halogens is 3. The Labute approximate surface area is 234 Å².